The molecule has 1 aromatic carbocycles. The molecule has 0 bridgehead atoms. The molecule has 0 aromatic heterocycles. The van der Waals surface area contributed by atoms with Gasteiger partial charge in [0.1, 0.15) is 0 Å². The first-order chi connectivity index (χ1) is 7.23. The first-order valence-electron chi connectivity index (χ1n) is 5.42. The van der Waals surface area contributed by atoms with Gasteiger partial charge in [-0.2, -0.15) is 0 Å². The second-order valence-electron chi connectivity index (χ2n) is 5.40. The molecule has 0 atom stereocenters. The van der Waals surface area contributed by atoms with Crippen LogP contribution in [0.4, 0.5) is 5.69 Å². The van der Waals surface area contributed by atoms with Gasteiger partial charge in [-0.25, -0.2) is 0 Å². The molecule has 2 rings (SSSR count). The van der Waals surface area contributed by atoms with Gasteiger partial charge in [-0.05, 0) is 51.0 Å². The molecule has 0 saturated carbocycles. The van der Waals surface area contributed by atoms with Crippen molar-refractivity contribution < 1.29 is 9.90 Å². The van der Waals surface area contributed by atoms with Gasteiger partial charge in [0, 0.05) is 5.69 Å². The number of carbonyl (C=O) groups excluding carboxylic acids is 1. The van der Waals surface area contributed by atoms with Crippen molar-refractivity contribution in [2.24, 2.45) is 0 Å². The maximum atomic E-state index is 11.7. The van der Waals surface area contributed by atoms with E-state index in [-0.39, 0.29) is 5.91 Å². The number of carbonyl (C=O) groups is 1. The van der Waals surface area contributed by atoms with Crippen molar-refractivity contribution in [3.8, 4) is 0 Å². The van der Waals surface area contributed by atoms with Crippen LogP contribution in [0.2, 0.25) is 0 Å². The third-order valence-corrected chi connectivity index (χ3v) is 3.22. The molecule has 0 unspecified atom stereocenters. The maximum absolute atomic E-state index is 11.7. The van der Waals surface area contributed by atoms with Crippen molar-refractivity contribution in [1.82, 2.24) is 0 Å². The van der Waals surface area contributed by atoms with Crippen LogP contribution in [0.15, 0.2) is 18.2 Å². The Morgan fingerprint density at radius 3 is 2.50 bits per heavy atom. The largest absolute Gasteiger partial charge is 0.386 e. The lowest BCUT2D eigenvalue weighted by Gasteiger charge is -2.21. The van der Waals surface area contributed by atoms with Gasteiger partial charge in [0.25, 0.3) is 0 Å². The summed E-state index contributed by atoms with van der Waals surface area (Å²) in [5, 5.41) is 12.8. The van der Waals surface area contributed by atoms with Crippen molar-refractivity contribution in [2.75, 3.05) is 5.32 Å². The van der Waals surface area contributed by atoms with Gasteiger partial charge in [0.2, 0.25) is 5.91 Å². The van der Waals surface area contributed by atoms with Crippen LogP contribution in [0.5, 0.6) is 0 Å². The van der Waals surface area contributed by atoms with Gasteiger partial charge in [-0.15, -0.1) is 0 Å². The van der Waals surface area contributed by atoms with Crippen LogP contribution in [0, 0.1) is 0 Å². The van der Waals surface area contributed by atoms with Gasteiger partial charge >= 0.3 is 0 Å². The van der Waals surface area contributed by atoms with Crippen molar-refractivity contribution in [1.29, 1.82) is 0 Å². The number of benzene rings is 1. The van der Waals surface area contributed by atoms with Crippen LogP contribution < -0.4 is 5.32 Å². The molecule has 0 spiro atoms. The minimum absolute atomic E-state index is 0.00963. The van der Waals surface area contributed by atoms with Gasteiger partial charge in [0.05, 0.1) is 11.0 Å². The Kier molecular flexibility index (Phi) is 2.14. The van der Waals surface area contributed by atoms with Gasteiger partial charge in [-0.1, -0.05) is 6.07 Å². The molecule has 0 fully saturated rings. The van der Waals surface area contributed by atoms with Gasteiger partial charge in [0.15, 0.2) is 0 Å². The summed E-state index contributed by atoms with van der Waals surface area (Å²) in [6.45, 7) is 7.27. The van der Waals surface area contributed by atoms with Crippen LogP contribution in [0.1, 0.15) is 38.8 Å². The number of rotatable bonds is 1. The number of fused-ring (bicyclic) bond motifs is 1. The van der Waals surface area contributed by atoms with Gasteiger partial charge < -0.3 is 10.4 Å². The summed E-state index contributed by atoms with van der Waals surface area (Å²) in [5.74, 6) is 0.00963. The predicted octanol–water partition coefficient (Wildman–Crippen LogP) is 2.14. The molecule has 3 heteroatoms. The smallest absolute Gasteiger partial charge is 0.234 e. The van der Waals surface area contributed by atoms with Crippen molar-refractivity contribution >= 4 is 11.6 Å². The summed E-state index contributed by atoms with van der Waals surface area (Å²) in [4.78, 5) is 11.7. The summed E-state index contributed by atoms with van der Waals surface area (Å²) in [6, 6.07) is 5.61. The minimum Gasteiger partial charge on any atom is -0.386 e. The third-order valence-electron chi connectivity index (χ3n) is 3.22. The topological polar surface area (TPSA) is 49.3 Å². The van der Waals surface area contributed by atoms with E-state index in [1.807, 2.05) is 32.0 Å². The highest BCUT2D eigenvalue weighted by Gasteiger charge is 2.38. The molecule has 0 aliphatic carbocycles. The summed E-state index contributed by atoms with van der Waals surface area (Å²) in [6.07, 6.45) is 0. The molecule has 0 radical (unpaired) electrons. The van der Waals surface area contributed by atoms with Crippen LogP contribution in [-0.2, 0) is 15.8 Å². The molecule has 0 saturated heterocycles. The number of hydrogen-bond acceptors (Lipinski definition) is 2. The molecule has 1 amide bonds. The van der Waals surface area contributed by atoms with Crippen molar-refractivity contribution in [3.63, 3.8) is 0 Å². The summed E-state index contributed by atoms with van der Waals surface area (Å²) < 4.78 is 0. The van der Waals surface area contributed by atoms with E-state index in [1.165, 1.54) is 0 Å². The second-order valence-corrected chi connectivity index (χ2v) is 5.40. The van der Waals surface area contributed by atoms with E-state index >= 15 is 0 Å². The highest BCUT2D eigenvalue weighted by atomic mass is 16.3. The van der Waals surface area contributed by atoms with Gasteiger partial charge in [-0.3, -0.25) is 4.79 Å². The predicted molar refractivity (Wildman–Crippen MR) is 63.3 cm³/mol. The zero-order valence-corrected chi connectivity index (χ0v) is 10.1. The van der Waals surface area contributed by atoms with Crippen LogP contribution in [0.25, 0.3) is 0 Å². The Labute approximate surface area is 95.5 Å². The molecule has 86 valence electrons. The lowest BCUT2D eigenvalue weighted by Crippen LogP contribution is -2.27. The summed E-state index contributed by atoms with van der Waals surface area (Å²) in [7, 11) is 0. The minimum atomic E-state index is -0.878. The standard InChI is InChI=1S/C13H17NO2/c1-12(2)9-7-8(13(3,4)16)5-6-10(9)14-11(12)15/h5-7,16H,1-4H3,(H,14,15). The number of nitrogens with one attached hydrogen (secondary N) is 1. The first kappa shape index (κ1) is 11.1. The highest BCUT2D eigenvalue weighted by molar-refractivity contribution is 6.05. The van der Waals surface area contributed by atoms with Crippen LogP contribution in [0.3, 0.4) is 0 Å². The van der Waals surface area contributed by atoms with Crippen molar-refractivity contribution in [2.45, 2.75) is 38.7 Å². The molecule has 1 aliphatic heterocycles. The Morgan fingerprint density at radius 2 is 1.94 bits per heavy atom. The lowest BCUT2D eigenvalue weighted by molar-refractivity contribution is -0.119. The SMILES string of the molecule is CC(C)(O)c1ccc2c(c1)C(C)(C)C(=O)N2. The van der Waals surface area contributed by atoms with Crippen LogP contribution in [-0.4, -0.2) is 11.0 Å². The summed E-state index contributed by atoms with van der Waals surface area (Å²) in [5.41, 5.74) is 1.24. The average molecular weight is 219 g/mol. The molecule has 1 heterocycles. The number of anilines is 1. The van der Waals surface area contributed by atoms with Crippen LogP contribution >= 0.6 is 0 Å². The zero-order chi connectivity index (χ0) is 12.1. The Balaban J connectivity index is 2.57. The lowest BCUT2D eigenvalue weighted by atomic mass is 9.83. The van der Waals surface area contributed by atoms with E-state index in [2.05, 4.69) is 5.32 Å². The van der Waals surface area contributed by atoms with E-state index in [9.17, 15) is 9.90 Å². The zero-order valence-electron chi connectivity index (χ0n) is 10.1. The normalized spacial score (nSPS) is 18.2. The molecule has 3 nitrogen and oxygen atoms in total. The molecule has 2 N–H and O–H groups in total. The monoisotopic (exact) mass is 219 g/mol. The fraction of sp³-hybridized carbons (Fsp3) is 0.462. The highest BCUT2D eigenvalue weighted by Crippen LogP contribution is 2.39. The Morgan fingerprint density at radius 1 is 1.31 bits per heavy atom. The van der Waals surface area contributed by atoms with E-state index in [0.717, 1.165) is 16.8 Å². The third kappa shape index (κ3) is 1.52. The molecule has 1 aromatic rings. The van der Waals surface area contributed by atoms with E-state index in [1.54, 1.807) is 13.8 Å². The summed E-state index contributed by atoms with van der Waals surface area (Å²) >= 11 is 0. The first-order valence-corrected chi connectivity index (χ1v) is 5.42. The number of aliphatic hydroxyl groups is 1. The molecular weight excluding hydrogens is 202 g/mol. The number of amides is 1. The second kappa shape index (κ2) is 3.08. The fourth-order valence-electron chi connectivity index (χ4n) is 1.95. The van der Waals surface area contributed by atoms with E-state index in [0.29, 0.717) is 0 Å². The Hall–Kier alpha value is -1.35. The van der Waals surface area contributed by atoms with Crippen molar-refractivity contribution in [3.05, 3.63) is 29.3 Å². The average Bonchev–Trinajstić information content (AvgIpc) is 2.37. The molecule has 1 aliphatic rings. The van der Waals surface area contributed by atoms with E-state index in [4.69, 9.17) is 0 Å². The molecular formula is C13H17NO2. The van der Waals surface area contributed by atoms with E-state index < -0.39 is 11.0 Å². The fourth-order valence-corrected chi connectivity index (χ4v) is 1.95. The molecule has 16 heavy (non-hydrogen) atoms. The maximum Gasteiger partial charge on any atom is 0.234 e. The Bertz CT molecular complexity index is 455. The number of hydrogen-bond donors (Lipinski definition) is 2. The quantitative estimate of drug-likeness (QED) is 0.760.